The van der Waals surface area contributed by atoms with Gasteiger partial charge in [0.1, 0.15) is 30.2 Å². The first-order valence-electron chi connectivity index (χ1n) is 13.2. The Labute approximate surface area is 239 Å². The average molecular weight is 614 g/mol. The van der Waals surface area contributed by atoms with E-state index in [1.807, 2.05) is 0 Å². The van der Waals surface area contributed by atoms with Gasteiger partial charge >= 0.3 is 13.6 Å². The third-order valence-corrected chi connectivity index (χ3v) is 8.90. The molecule has 0 amide bonds. The van der Waals surface area contributed by atoms with Gasteiger partial charge in [0, 0.05) is 0 Å². The minimum atomic E-state index is -4.28. The summed E-state index contributed by atoms with van der Waals surface area (Å²) in [6.45, 7) is 5.81. The maximum absolute atomic E-state index is 16.2. The number of halogens is 2. The van der Waals surface area contributed by atoms with Crippen molar-refractivity contribution in [3.8, 4) is 5.75 Å². The number of nitrogens with one attached hydrogen (secondary N) is 1. The van der Waals surface area contributed by atoms with Crippen LogP contribution in [0.4, 0.5) is 14.7 Å². The number of imidazole rings is 1. The molecule has 1 unspecified atom stereocenters. The lowest BCUT2D eigenvalue weighted by atomic mass is 9.89. The molecule has 13 nitrogen and oxygen atoms in total. The molecule has 0 spiro atoms. The van der Waals surface area contributed by atoms with Crippen LogP contribution >= 0.6 is 7.60 Å². The van der Waals surface area contributed by atoms with Crippen LogP contribution in [0, 0.1) is 5.92 Å². The number of aromatic amines is 1. The number of alkyl halides is 2. The molecule has 1 fully saturated rings. The molecule has 2 aromatic heterocycles. The van der Waals surface area contributed by atoms with Gasteiger partial charge in [-0.15, -0.1) is 0 Å². The number of hydrogen-bond donors (Lipinski definition) is 3. The van der Waals surface area contributed by atoms with E-state index in [0.717, 1.165) is 10.9 Å². The van der Waals surface area contributed by atoms with Gasteiger partial charge in [0.25, 0.3) is 5.56 Å². The summed E-state index contributed by atoms with van der Waals surface area (Å²) in [5.41, 5.74) is -0.385. The molecule has 0 aliphatic carbocycles. The van der Waals surface area contributed by atoms with Crippen molar-refractivity contribution in [1.29, 1.82) is 0 Å². The van der Waals surface area contributed by atoms with Crippen LogP contribution in [0.2, 0.25) is 0 Å². The van der Waals surface area contributed by atoms with Crippen LogP contribution in [0.1, 0.15) is 40.8 Å². The zero-order valence-electron chi connectivity index (χ0n) is 23.7. The van der Waals surface area contributed by atoms with Gasteiger partial charge in [-0.25, -0.2) is 18.3 Å². The Hall–Kier alpha value is -3.39. The number of hydrogen-bond acceptors (Lipinski definition) is 11. The number of benzene rings is 1. The van der Waals surface area contributed by atoms with E-state index >= 15 is 4.39 Å². The first-order valence-corrected chi connectivity index (χ1v) is 14.9. The van der Waals surface area contributed by atoms with E-state index in [9.17, 15) is 23.7 Å². The van der Waals surface area contributed by atoms with E-state index in [1.54, 1.807) is 32.0 Å². The van der Waals surface area contributed by atoms with Crippen molar-refractivity contribution in [3.05, 3.63) is 47.0 Å². The molecule has 1 aliphatic rings. The number of ether oxygens (including phenoxy) is 2. The fraction of sp³-hybridized carbons (Fsp3) is 0.538. The number of carbonyl (C=O) groups excluding carboxylic acids is 1. The van der Waals surface area contributed by atoms with Crippen molar-refractivity contribution in [2.24, 2.45) is 5.92 Å². The van der Waals surface area contributed by atoms with E-state index in [1.165, 1.54) is 32.9 Å². The number of nitrogen functional groups attached to an aromatic ring is 1. The zero-order chi connectivity index (χ0) is 31.0. The summed E-state index contributed by atoms with van der Waals surface area (Å²) in [4.78, 5) is 34.9. The largest absolute Gasteiger partial charge is 0.463 e. The van der Waals surface area contributed by atoms with Crippen LogP contribution in [0.3, 0.4) is 0 Å². The minimum absolute atomic E-state index is 0.161. The molecular weight excluding hydrogens is 579 g/mol. The van der Waals surface area contributed by atoms with Gasteiger partial charge < -0.3 is 24.8 Å². The first-order chi connectivity index (χ1) is 19.6. The molecule has 230 valence electrons. The van der Waals surface area contributed by atoms with E-state index in [2.05, 4.69) is 15.0 Å². The van der Waals surface area contributed by atoms with E-state index in [4.69, 9.17) is 24.3 Å². The number of fused-ring (bicyclic) bond motifs is 1. The molecule has 1 aliphatic heterocycles. The molecule has 0 radical (unpaired) electrons. The Balaban J connectivity index is 1.68. The number of aliphatic hydroxyl groups excluding tert-OH is 1. The summed E-state index contributed by atoms with van der Waals surface area (Å²) in [5.74, 6) is -1.73. The van der Waals surface area contributed by atoms with Gasteiger partial charge in [-0.05, 0) is 39.8 Å². The van der Waals surface area contributed by atoms with Crippen molar-refractivity contribution in [3.63, 3.8) is 0 Å². The van der Waals surface area contributed by atoms with Gasteiger partial charge in [-0.3, -0.25) is 23.7 Å². The molecule has 3 heterocycles. The van der Waals surface area contributed by atoms with E-state index in [-0.39, 0.29) is 22.9 Å². The minimum Gasteiger partial charge on any atom is -0.463 e. The molecule has 6 atom stereocenters. The highest BCUT2D eigenvalue weighted by atomic mass is 31.2. The maximum Gasteiger partial charge on any atom is 0.380 e. The van der Waals surface area contributed by atoms with Gasteiger partial charge in [-0.1, -0.05) is 25.1 Å². The molecular formula is C26H34F2N5O8P. The zero-order valence-corrected chi connectivity index (χ0v) is 24.6. The molecule has 3 aromatic rings. The number of esters is 1. The first kappa shape index (κ1) is 31.5. The lowest BCUT2D eigenvalue weighted by Gasteiger charge is -2.36. The van der Waals surface area contributed by atoms with Gasteiger partial charge in [0.05, 0.1) is 24.5 Å². The second-order valence-corrected chi connectivity index (χ2v) is 12.9. The smallest absolute Gasteiger partial charge is 0.380 e. The molecule has 16 heteroatoms. The van der Waals surface area contributed by atoms with Crippen molar-refractivity contribution < 1.29 is 41.8 Å². The highest BCUT2D eigenvalue weighted by Crippen LogP contribution is 2.56. The van der Waals surface area contributed by atoms with Crippen LogP contribution in [0.5, 0.6) is 5.75 Å². The molecule has 4 rings (SSSR count). The summed E-state index contributed by atoms with van der Waals surface area (Å²) < 4.78 is 68.6. The lowest BCUT2D eigenvalue weighted by molar-refractivity contribution is -0.151. The quantitative estimate of drug-likeness (QED) is 0.213. The van der Waals surface area contributed by atoms with Crippen molar-refractivity contribution in [2.75, 3.05) is 18.6 Å². The van der Waals surface area contributed by atoms with Crippen LogP contribution in [0.25, 0.3) is 11.2 Å². The number of aliphatic hydroxyl groups is 1. The molecule has 0 saturated carbocycles. The lowest BCUT2D eigenvalue weighted by Crippen LogP contribution is -2.51. The Bertz CT molecular complexity index is 1530. The number of anilines is 1. The number of para-hydroxylation sites is 1. The average Bonchev–Trinajstić information content (AvgIpc) is 3.42. The summed E-state index contributed by atoms with van der Waals surface area (Å²) in [7, 11) is -4.28. The van der Waals surface area contributed by atoms with Crippen LogP contribution in [-0.2, 0) is 23.4 Å². The van der Waals surface area contributed by atoms with Crippen molar-refractivity contribution in [2.45, 2.75) is 70.4 Å². The Morgan fingerprint density at radius 2 is 1.98 bits per heavy atom. The standard InChI is InChI=1S/C26H34F2N5O8P/c1-14(2)38-22(36)15(3)11-42(37,40-16-9-7-6-8-10-16)41-25(4,5)19-18(34)26(28,12-27)23(39-19)33-13-30-17-20(33)31-24(29)32-21(17)35/h6-10,13-15,18-19,23,34H,11-12H2,1-5H3,(H3,29,31,32,35)/t15-,18+,19+,23-,26?,42+/m1/s1. The van der Waals surface area contributed by atoms with Crippen LogP contribution in [0.15, 0.2) is 41.5 Å². The van der Waals surface area contributed by atoms with E-state index in [0.29, 0.717) is 0 Å². The highest BCUT2D eigenvalue weighted by Gasteiger charge is 2.63. The second-order valence-electron chi connectivity index (χ2n) is 11.0. The SMILES string of the molecule is CC(C)OC(=O)[C@H](C)C[P@](=O)(Oc1ccccc1)OC(C)(C)[C@H]1O[C@@H](n2cnc3c(=O)[nH]c(N)nc32)C(F)(CF)[C@H]1O. The highest BCUT2D eigenvalue weighted by molar-refractivity contribution is 7.54. The van der Waals surface area contributed by atoms with Gasteiger partial charge in [0.15, 0.2) is 17.4 Å². The summed E-state index contributed by atoms with van der Waals surface area (Å²) in [5, 5.41) is 11.1. The maximum atomic E-state index is 16.2. The third-order valence-electron chi connectivity index (χ3n) is 6.67. The Kier molecular flexibility index (Phi) is 8.79. The van der Waals surface area contributed by atoms with Crippen LogP contribution < -0.4 is 15.8 Å². The third kappa shape index (κ3) is 6.19. The number of rotatable bonds is 11. The Morgan fingerprint density at radius 3 is 2.60 bits per heavy atom. The molecule has 42 heavy (non-hydrogen) atoms. The number of nitrogens with zero attached hydrogens (tertiary/aromatic N) is 3. The normalized spacial score (nSPS) is 24.9. The summed E-state index contributed by atoms with van der Waals surface area (Å²) >= 11 is 0. The van der Waals surface area contributed by atoms with Gasteiger partial charge in [0.2, 0.25) is 11.6 Å². The van der Waals surface area contributed by atoms with Crippen LogP contribution in [-0.4, -0.2) is 73.0 Å². The topological polar surface area (TPSA) is 181 Å². The summed E-state index contributed by atoms with van der Waals surface area (Å²) in [6.07, 6.45) is -5.53. The molecule has 0 bridgehead atoms. The fourth-order valence-corrected chi connectivity index (χ4v) is 7.00. The Morgan fingerprint density at radius 1 is 1.31 bits per heavy atom. The number of carbonyl (C=O) groups is 1. The van der Waals surface area contributed by atoms with Crippen molar-refractivity contribution >= 4 is 30.7 Å². The molecule has 1 aromatic carbocycles. The number of nitrogens with two attached hydrogens (primary N) is 1. The predicted octanol–water partition coefficient (Wildman–Crippen LogP) is 3.29. The van der Waals surface area contributed by atoms with Gasteiger partial charge in [-0.2, -0.15) is 4.98 Å². The molecule has 4 N–H and O–H groups in total. The van der Waals surface area contributed by atoms with E-state index < -0.39 is 73.7 Å². The summed E-state index contributed by atoms with van der Waals surface area (Å²) in [6, 6.07) is 8.03. The number of H-pyrrole nitrogens is 1. The second kappa shape index (κ2) is 11.7. The number of aromatic nitrogens is 4. The molecule has 1 saturated heterocycles. The predicted molar refractivity (Wildman–Crippen MR) is 147 cm³/mol. The fourth-order valence-electron chi connectivity index (χ4n) is 4.73. The van der Waals surface area contributed by atoms with Crippen molar-refractivity contribution in [1.82, 2.24) is 19.5 Å². The monoisotopic (exact) mass is 613 g/mol.